The van der Waals surface area contributed by atoms with E-state index >= 15 is 0 Å². The van der Waals surface area contributed by atoms with Crippen LogP contribution in [-0.2, 0) is 13.5 Å². The Kier molecular flexibility index (Phi) is 7.28. The summed E-state index contributed by atoms with van der Waals surface area (Å²) >= 11 is 0. The summed E-state index contributed by atoms with van der Waals surface area (Å²) in [6, 6.07) is 0.585. The lowest BCUT2D eigenvalue weighted by Crippen LogP contribution is -2.34. The monoisotopic (exact) mass is 279 g/mol. The van der Waals surface area contributed by atoms with Crippen LogP contribution in [0.3, 0.4) is 0 Å². The van der Waals surface area contributed by atoms with Crippen LogP contribution in [0.15, 0.2) is 0 Å². The van der Waals surface area contributed by atoms with Gasteiger partial charge in [0.05, 0.1) is 5.69 Å². The predicted octanol–water partition coefficient (Wildman–Crippen LogP) is 3.77. The lowest BCUT2D eigenvalue weighted by Gasteiger charge is -2.23. The van der Waals surface area contributed by atoms with Gasteiger partial charge in [-0.05, 0) is 51.1 Å². The molecule has 0 saturated heterocycles. The van der Waals surface area contributed by atoms with Crippen LogP contribution < -0.4 is 5.32 Å². The Labute approximate surface area is 125 Å². The summed E-state index contributed by atoms with van der Waals surface area (Å²) in [5.74, 6) is 0.835. The minimum atomic E-state index is 0.585. The van der Waals surface area contributed by atoms with E-state index in [1.54, 1.807) is 0 Å². The highest BCUT2D eigenvalue weighted by atomic mass is 15.3. The van der Waals surface area contributed by atoms with E-state index in [1.165, 1.54) is 42.6 Å². The number of aromatic nitrogens is 2. The van der Waals surface area contributed by atoms with Crippen molar-refractivity contribution in [3.63, 3.8) is 0 Å². The van der Waals surface area contributed by atoms with Crippen LogP contribution in [0.5, 0.6) is 0 Å². The Morgan fingerprint density at radius 1 is 1.15 bits per heavy atom. The van der Waals surface area contributed by atoms with Gasteiger partial charge < -0.3 is 5.32 Å². The van der Waals surface area contributed by atoms with Gasteiger partial charge in [-0.3, -0.25) is 4.68 Å². The highest BCUT2D eigenvalue weighted by Gasteiger charge is 2.18. The van der Waals surface area contributed by atoms with Crippen LogP contribution in [0.2, 0.25) is 0 Å². The number of nitrogens with one attached hydrogen (secondary N) is 1. The van der Waals surface area contributed by atoms with Gasteiger partial charge in [0.2, 0.25) is 0 Å². The van der Waals surface area contributed by atoms with Crippen molar-refractivity contribution in [2.45, 2.75) is 72.8 Å². The minimum Gasteiger partial charge on any atom is -0.314 e. The van der Waals surface area contributed by atoms with Crippen molar-refractivity contribution in [3.8, 4) is 0 Å². The summed E-state index contributed by atoms with van der Waals surface area (Å²) in [5.41, 5.74) is 3.94. The van der Waals surface area contributed by atoms with E-state index in [1.807, 2.05) is 11.7 Å². The first-order valence-electron chi connectivity index (χ1n) is 8.25. The second-order valence-electron chi connectivity index (χ2n) is 6.05. The maximum absolute atomic E-state index is 4.55. The zero-order valence-electron chi connectivity index (χ0n) is 14.3. The Balaban J connectivity index is 2.77. The van der Waals surface area contributed by atoms with Crippen molar-refractivity contribution in [1.29, 1.82) is 0 Å². The molecule has 0 amide bonds. The molecule has 3 nitrogen and oxygen atoms in total. The molecule has 3 heteroatoms. The van der Waals surface area contributed by atoms with E-state index in [0.717, 1.165) is 18.9 Å². The molecular formula is C17H33N3. The van der Waals surface area contributed by atoms with Gasteiger partial charge >= 0.3 is 0 Å². The predicted molar refractivity (Wildman–Crippen MR) is 87.2 cm³/mol. The maximum atomic E-state index is 4.55. The molecule has 1 aromatic rings. The van der Waals surface area contributed by atoms with E-state index in [9.17, 15) is 0 Å². The highest BCUT2D eigenvalue weighted by molar-refractivity contribution is 5.25. The Morgan fingerprint density at radius 3 is 2.25 bits per heavy atom. The molecule has 0 fully saturated rings. The molecule has 0 aromatic carbocycles. The number of nitrogens with zero attached hydrogens (tertiary/aromatic N) is 2. The van der Waals surface area contributed by atoms with Crippen molar-refractivity contribution in [1.82, 2.24) is 15.1 Å². The fourth-order valence-electron chi connectivity index (χ4n) is 2.97. The van der Waals surface area contributed by atoms with Gasteiger partial charge in [0.15, 0.2) is 0 Å². The molecular weight excluding hydrogens is 246 g/mol. The molecule has 0 aliphatic carbocycles. The maximum Gasteiger partial charge on any atom is 0.0628 e. The zero-order chi connectivity index (χ0) is 15.1. The molecule has 0 aliphatic heterocycles. The number of hydrogen-bond donors (Lipinski definition) is 1. The van der Waals surface area contributed by atoms with E-state index in [2.05, 4.69) is 45.0 Å². The third kappa shape index (κ3) is 4.62. The Hall–Kier alpha value is -0.830. The van der Waals surface area contributed by atoms with Gasteiger partial charge in [-0.2, -0.15) is 5.10 Å². The summed E-state index contributed by atoms with van der Waals surface area (Å²) < 4.78 is 2.01. The SMILES string of the molecule is CCCNC(Cc1c(C)nn(C)c1C)CC(CC)CC. The van der Waals surface area contributed by atoms with Gasteiger partial charge in [-0.25, -0.2) is 0 Å². The van der Waals surface area contributed by atoms with Gasteiger partial charge in [0.25, 0.3) is 0 Å². The molecule has 0 spiro atoms. The van der Waals surface area contributed by atoms with Gasteiger partial charge in [0.1, 0.15) is 0 Å². The van der Waals surface area contributed by atoms with E-state index < -0.39 is 0 Å². The van der Waals surface area contributed by atoms with Crippen LogP contribution in [0, 0.1) is 19.8 Å². The molecule has 1 rings (SSSR count). The molecule has 1 N–H and O–H groups in total. The summed E-state index contributed by atoms with van der Waals surface area (Å²) in [6.07, 6.45) is 6.16. The average molecular weight is 279 g/mol. The van der Waals surface area contributed by atoms with Crippen molar-refractivity contribution in [2.75, 3.05) is 6.54 Å². The fraction of sp³-hybridized carbons (Fsp3) is 0.824. The summed E-state index contributed by atoms with van der Waals surface area (Å²) in [6.45, 7) is 12.3. The second-order valence-corrected chi connectivity index (χ2v) is 6.05. The van der Waals surface area contributed by atoms with Crippen molar-refractivity contribution in [3.05, 3.63) is 17.0 Å². The molecule has 20 heavy (non-hydrogen) atoms. The molecule has 1 atom stereocenters. The molecule has 1 heterocycles. The first kappa shape index (κ1) is 17.2. The third-order valence-electron chi connectivity index (χ3n) is 4.56. The molecule has 0 radical (unpaired) electrons. The largest absolute Gasteiger partial charge is 0.314 e. The summed E-state index contributed by atoms with van der Waals surface area (Å²) in [4.78, 5) is 0. The Bertz CT molecular complexity index is 391. The molecule has 1 unspecified atom stereocenters. The number of hydrogen-bond acceptors (Lipinski definition) is 2. The molecule has 0 bridgehead atoms. The van der Waals surface area contributed by atoms with Crippen molar-refractivity contribution in [2.24, 2.45) is 13.0 Å². The third-order valence-corrected chi connectivity index (χ3v) is 4.56. The summed E-state index contributed by atoms with van der Waals surface area (Å²) in [7, 11) is 2.04. The standard InChI is InChI=1S/C17H33N3/c1-7-10-18-16(11-15(8-2)9-3)12-17-13(4)19-20(6)14(17)5/h15-16,18H,7-12H2,1-6H3. The smallest absolute Gasteiger partial charge is 0.0628 e. The van der Waals surface area contributed by atoms with Crippen LogP contribution >= 0.6 is 0 Å². The Morgan fingerprint density at radius 2 is 1.80 bits per heavy atom. The number of aryl methyl sites for hydroxylation is 2. The normalized spacial score (nSPS) is 13.2. The van der Waals surface area contributed by atoms with E-state index in [4.69, 9.17) is 0 Å². The van der Waals surface area contributed by atoms with Crippen molar-refractivity contribution < 1.29 is 0 Å². The van der Waals surface area contributed by atoms with Gasteiger partial charge in [-0.1, -0.05) is 33.6 Å². The second kappa shape index (κ2) is 8.46. The molecule has 0 saturated carbocycles. The molecule has 1 aromatic heterocycles. The molecule has 116 valence electrons. The molecule has 0 aliphatic rings. The quantitative estimate of drug-likeness (QED) is 0.745. The van der Waals surface area contributed by atoms with Crippen LogP contribution in [0.4, 0.5) is 0 Å². The topological polar surface area (TPSA) is 29.9 Å². The van der Waals surface area contributed by atoms with Crippen LogP contribution in [-0.4, -0.2) is 22.4 Å². The van der Waals surface area contributed by atoms with Crippen LogP contribution in [0.1, 0.15) is 63.4 Å². The first-order chi connectivity index (χ1) is 9.53. The van der Waals surface area contributed by atoms with Gasteiger partial charge in [-0.15, -0.1) is 0 Å². The van der Waals surface area contributed by atoms with Gasteiger partial charge in [0, 0.05) is 18.8 Å². The average Bonchev–Trinajstić information content (AvgIpc) is 2.67. The van der Waals surface area contributed by atoms with Crippen molar-refractivity contribution >= 4 is 0 Å². The highest BCUT2D eigenvalue weighted by Crippen LogP contribution is 2.20. The number of rotatable bonds is 9. The lowest BCUT2D eigenvalue weighted by molar-refractivity contribution is 0.362. The fourth-order valence-corrected chi connectivity index (χ4v) is 2.97. The summed E-state index contributed by atoms with van der Waals surface area (Å²) in [5, 5.41) is 8.30. The van der Waals surface area contributed by atoms with E-state index in [0.29, 0.717) is 6.04 Å². The van der Waals surface area contributed by atoms with E-state index in [-0.39, 0.29) is 0 Å². The lowest BCUT2D eigenvalue weighted by atomic mass is 9.91. The first-order valence-corrected chi connectivity index (χ1v) is 8.25. The zero-order valence-corrected chi connectivity index (χ0v) is 14.3. The van der Waals surface area contributed by atoms with Crippen LogP contribution in [0.25, 0.3) is 0 Å². The minimum absolute atomic E-state index is 0.585.